The number of nitrogens with zero attached hydrogens (tertiary/aromatic N) is 3. The summed E-state index contributed by atoms with van der Waals surface area (Å²) in [7, 11) is 0. The average Bonchev–Trinajstić information content (AvgIpc) is 3.25. The molecule has 2 aromatic heterocycles. The summed E-state index contributed by atoms with van der Waals surface area (Å²) >= 11 is 3.40. The average molecular weight is 390 g/mol. The molecule has 1 aromatic carbocycles. The number of pyridine rings is 1. The van der Waals surface area contributed by atoms with Crippen molar-refractivity contribution in [2.45, 2.75) is 18.9 Å². The van der Waals surface area contributed by atoms with Crippen LogP contribution in [0.4, 0.5) is 16.0 Å². The van der Waals surface area contributed by atoms with E-state index >= 15 is 0 Å². The zero-order valence-electron chi connectivity index (χ0n) is 12.5. The second-order valence-electron chi connectivity index (χ2n) is 5.63. The van der Waals surface area contributed by atoms with Gasteiger partial charge in [-0.15, -0.1) is 5.10 Å². The van der Waals surface area contributed by atoms with E-state index in [1.165, 1.54) is 12.1 Å². The number of halogens is 2. The number of hydrogen-bond acceptors (Lipinski definition) is 4. The Morgan fingerprint density at radius 1 is 1.33 bits per heavy atom. The van der Waals surface area contributed by atoms with Gasteiger partial charge in [0.15, 0.2) is 5.65 Å². The number of aromatic nitrogens is 3. The molecule has 0 radical (unpaired) electrons. The predicted octanol–water partition coefficient (Wildman–Crippen LogP) is 3.27. The highest BCUT2D eigenvalue weighted by molar-refractivity contribution is 9.10. The fourth-order valence-corrected chi connectivity index (χ4v) is 2.75. The fraction of sp³-hybridized carbons (Fsp3) is 0.188. The molecule has 24 heavy (non-hydrogen) atoms. The van der Waals surface area contributed by atoms with Crippen LogP contribution < -0.4 is 10.6 Å². The molecule has 1 aliphatic carbocycles. The molecular weight excluding hydrogens is 377 g/mol. The number of anilines is 2. The second-order valence-corrected chi connectivity index (χ2v) is 6.48. The van der Waals surface area contributed by atoms with Crippen molar-refractivity contribution in [2.75, 3.05) is 5.32 Å². The minimum absolute atomic E-state index is 0.0400. The standard InChI is InChI=1S/C16H13BrFN5O/c17-12-2-1-7-23-14(12)21-16(22-23)20-10-5-6-11(13(18)8-10)15(24)19-9-3-4-9/h1-2,5-9H,3-4H2,(H,19,24)(H,20,22). The summed E-state index contributed by atoms with van der Waals surface area (Å²) < 4.78 is 16.6. The van der Waals surface area contributed by atoms with Gasteiger partial charge in [-0.1, -0.05) is 0 Å². The number of hydrogen-bond donors (Lipinski definition) is 2. The highest BCUT2D eigenvalue weighted by Gasteiger charge is 2.25. The number of amides is 1. The molecule has 4 rings (SSSR count). The second kappa shape index (κ2) is 5.86. The van der Waals surface area contributed by atoms with E-state index in [4.69, 9.17) is 0 Å². The number of nitrogens with one attached hydrogen (secondary N) is 2. The van der Waals surface area contributed by atoms with Crippen LogP contribution in [0.2, 0.25) is 0 Å². The van der Waals surface area contributed by atoms with Crippen molar-refractivity contribution in [3.63, 3.8) is 0 Å². The van der Waals surface area contributed by atoms with E-state index in [-0.39, 0.29) is 17.5 Å². The van der Waals surface area contributed by atoms with Gasteiger partial charge in [0.25, 0.3) is 5.91 Å². The molecule has 0 spiro atoms. The largest absolute Gasteiger partial charge is 0.349 e. The number of benzene rings is 1. The maximum atomic E-state index is 14.2. The highest BCUT2D eigenvalue weighted by Crippen LogP contribution is 2.23. The van der Waals surface area contributed by atoms with E-state index in [1.807, 2.05) is 12.1 Å². The van der Waals surface area contributed by atoms with Gasteiger partial charge in [-0.3, -0.25) is 4.79 Å². The van der Waals surface area contributed by atoms with Crippen LogP contribution in [0, 0.1) is 5.82 Å². The lowest BCUT2D eigenvalue weighted by Crippen LogP contribution is -2.26. The normalized spacial score (nSPS) is 13.9. The Labute approximate surface area is 145 Å². The first-order valence-electron chi connectivity index (χ1n) is 7.48. The number of rotatable bonds is 4. The Bertz CT molecular complexity index is 937. The van der Waals surface area contributed by atoms with Gasteiger partial charge in [0.2, 0.25) is 5.95 Å². The van der Waals surface area contributed by atoms with Gasteiger partial charge in [0, 0.05) is 17.9 Å². The number of fused-ring (bicyclic) bond motifs is 1. The van der Waals surface area contributed by atoms with Gasteiger partial charge in [-0.05, 0) is 59.1 Å². The third-order valence-corrected chi connectivity index (χ3v) is 4.32. The lowest BCUT2D eigenvalue weighted by atomic mass is 10.1. The minimum Gasteiger partial charge on any atom is -0.349 e. The van der Waals surface area contributed by atoms with E-state index in [2.05, 4.69) is 36.6 Å². The maximum absolute atomic E-state index is 14.2. The van der Waals surface area contributed by atoms with Crippen LogP contribution in [0.1, 0.15) is 23.2 Å². The molecule has 0 aliphatic heterocycles. The van der Waals surface area contributed by atoms with Crippen molar-refractivity contribution < 1.29 is 9.18 Å². The summed E-state index contributed by atoms with van der Waals surface area (Å²) in [4.78, 5) is 16.3. The summed E-state index contributed by atoms with van der Waals surface area (Å²) in [6, 6.07) is 8.24. The summed E-state index contributed by atoms with van der Waals surface area (Å²) in [6.45, 7) is 0. The zero-order valence-corrected chi connectivity index (χ0v) is 14.0. The van der Waals surface area contributed by atoms with Gasteiger partial charge in [0.1, 0.15) is 5.82 Å². The Hall–Kier alpha value is -2.48. The first-order chi connectivity index (χ1) is 11.6. The van der Waals surface area contributed by atoms with Crippen LogP contribution in [-0.4, -0.2) is 26.5 Å². The third kappa shape index (κ3) is 2.96. The summed E-state index contributed by atoms with van der Waals surface area (Å²) in [6.07, 6.45) is 3.69. The smallest absolute Gasteiger partial charge is 0.254 e. The van der Waals surface area contributed by atoms with Crippen LogP contribution in [0.15, 0.2) is 41.0 Å². The quantitative estimate of drug-likeness (QED) is 0.718. The van der Waals surface area contributed by atoms with Crippen LogP contribution in [-0.2, 0) is 0 Å². The van der Waals surface area contributed by atoms with Gasteiger partial charge in [-0.25, -0.2) is 8.91 Å². The van der Waals surface area contributed by atoms with E-state index in [0.29, 0.717) is 17.3 Å². The molecule has 1 saturated carbocycles. The summed E-state index contributed by atoms with van der Waals surface area (Å²) in [5.74, 6) is -0.615. The molecule has 1 amide bonds. The van der Waals surface area contributed by atoms with Gasteiger partial charge in [-0.2, -0.15) is 4.98 Å². The third-order valence-electron chi connectivity index (χ3n) is 3.70. The SMILES string of the molecule is O=C(NC1CC1)c1ccc(Nc2nc3c(Br)cccn3n2)cc1F. The molecule has 0 unspecified atom stereocenters. The predicted molar refractivity (Wildman–Crippen MR) is 90.9 cm³/mol. The van der Waals surface area contributed by atoms with E-state index in [0.717, 1.165) is 17.3 Å². The Morgan fingerprint density at radius 2 is 2.17 bits per heavy atom. The molecule has 3 aromatic rings. The molecule has 0 saturated heterocycles. The van der Waals surface area contributed by atoms with Gasteiger partial charge in [0.05, 0.1) is 10.0 Å². The van der Waals surface area contributed by atoms with Crippen LogP contribution in [0.25, 0.3) is 5.65 Å². The maximum Gasteiger partial charge on any atom is 0.254 e. The zero-order chi connectivity index (χ0) is 16.7. The molecule has 8 heteroatoms. The van der Waals surface area contributed by atoms with Gasteiger partial charge < -0.3 is 10.6 Å². The molecule has 1 aliphatic rings. The minimum atomic E-state index is -0.580. The highest BCUT2D eigenvalue weighted by atomic mass is 79.9. The van der Waals surface area contributed by atoms with E-state index in [1.54, 1.807) is 16.8 Å². The van der Waals surface area contributed by atoms with Crippen LogP contribution >= 0.6 is 15.9 Å². The summed E-state index contributed by atoms with van der Waals surface area (Å²) in [5, 5.41) is 9.98. The number of carbonyl (C=O) groups is 1. The molecule has 2 heterocycles. The molecule has 122 valence electrons. The molecule has 0 bridgehead atoms. The van der Waals surface area contributed by atoms with Crippen molar-refractivity contribution in [2.24, 2.45) is 0 Å². The Kier molecular flexibility index (Phi) is 3.68. The van der Waals surface area contributed by atoms with Crippen molar-refractivity contribution >= 4 is 39.1 Å². The van der Waals surface area contributed by atoms with Crippen LogP contribution in [0.3, 0.4) is 0 Å². The molecule has 0 atom stereocenters. The van der Waals surface area contributed by atoms with Crippen molar-refractivity contribution in [3.8, 4) is 0 Å². The molecule has 2 N–H and O–H groups in total. The Morgan fingerprint density at radius 3 is 2.88 bits per heavy atom. The lowest BCUT2D eigenvalue weighted by molar-refractivity contribution is 0.0947. The molecule has 6 nitrogen and oxygen atoms in total. The van der Waals surface area contributed by atoms with Crippen molar-refractivity contribution in [1.82, 2.24) is 19.9 Å². The monoisotopic (exact) mass is 389 g/mol. The molecule has 1 fully saturated rings. The Balaban J connectivity index is 1.56. The summed E-state index contributed by atoms with van der Waals surface area (Å²) in [5.41, 5.74) is 1.17. The van der Waals surface area contributed by atoms with Crippen LogP contribution in [0.5, 0.6) is 0 Å². The topological polar surface area (TPSA) is 71.3 Å². The first kappa shape index (κ1) is 15.1. The van der Waals surface area contributed by atoms with Crippen molar-refractivity contribution in [1.29, 1.82) is 0 Å². The van der Waals surface area contributed by atoms with Gasteiger partial charge >= 0.3 is 0 Å². The molecular formula is C16H13BrFN5O. The first-order valence-corrected chi connectivity index (χ1v) is 8.28. The van der Waals surface area contributed by atoms with E-state index in [9.17, 15) is 9.18 Å². The van der Waals surface area contributed by atoms with Crippen molar-refractivity contribution in [3.05, 3.63) is 52.4 Å². The van der Waals surface area contributed by atoms with E-state index < -0.39 is 5.82 Å². The fourth-order valence-electron chi connectivity index (χ4n) is 2.32. The lowest BCUT2D eigenvalue weighted by Gasteiger charge is -2.07. The number of carbonyl (C=O) groups excluding carboxylic acids is 1.